The van der Waals surface area contributed by atoms with Crippen LogP contribution in [0.2, 0.25) is 5.02 Å². The average molecular weight is 513 g/mol. The largest absolute Gasteiger partial charge is 0.493 e. The number of hydrogen-bond acceptors (Lipinski definition) is 8. The monoisotopic (exact) mass is 512 g/mol. The lowest BCUT2D eigenvalue weighted by Crippen LogP contribution is -2.35. The summed E-state index contributed by atoms with van der Waals surface area (Å²) in [6.45, 7) is 2.48. The lowest BCUT2D eigenvalue weighted by molar-refractivity contribution is 0.0925. The number of fused-ring (bicyclic) bond motifs is 2. The fraction of sp³-hybridized carbons (Fsp3) is 0.292. The maximum absolute atomic E-state index is 12.9. The summed E-state index contributed by atoms with van der Waals surface area (Å²) in [5, 5.41) is 12.4. The van der Waals surface area contributed by atoms with Gasteiger partial charge in [0.15, 0.2) is 10.8 Å². The number of anilines is 2. The van der Waals surface area contributed by atoms with E-state index in [0.717, 1.165) is 27.4 Å². The summed E-state index contributed by atoms with van der Waals surface area (Å²) < 4.78 is 14.2. The fourth-order valence-electron chi connectivity index (χ4n) is 3.97. The van der Waals surface area contributed by atoms with Crippen molar-refractivity contribution in [3.8, 4) is 22.1 Å². The highest BCUT2D eigenvalue weighted by atomic mass is 35.5. The Morgan fingerprint density at radius 1 is 1.31 bits per heavy atom. The molecule has 0 atom stereocenters. The first-order chi connectivity index (χ1) is 17.0. The topological polar surface area (TPSA) is 93.5 Å². The van der Waals surface area contributed by atoms with Gasteiger partial charge in [0.2, 0.25) is 0 Å². The van der Waals surface area contributed by atoms with Gasteiger partial charge in [0.1, 0.15) is 18.0 Å². The molecular formula is C24H25ClN6O3S. The first kappa shape index (κ1) is 23.4. The number of para-hydroxylation sites is 1. The van der Waals surface area contributed by atoms with Gasteiger partial charge in [-0.1, -0.05) is 29.0 Å². The van der Waals surface area contributed by atoms with E-state index in [1.54, 1.807) is 24.1 Å². The standard InChI is InChI=1S/C24H25ClN6O3S/c1-30(2)11-12-34-18-13-17-23(35-18)14(7-8-26-17)19-20(21-24(32)27-9-10-31(21)29-19)28-16-6-4-5-15(25)22(16)33-3/h4-8,13,28H,9-12H2,1-3H3,(H,27,32). The molecule has 1 aliphatic rings. The van der Waals surface area contributed by atoms with Crippen molar-refractivity contribution >= 4 is 50.4 Å². The van der Waals surface area contributed by atoms with E-state index in [4.69, 9.17) is 26.2 Å². The maximum atomic E-state index is 12.9. The highest BCUT2D eigenvalue weighted by Gasteiger charge is 2.29. The second kappa shape index (κ2) is 9.73. The Morgan fingerprint density at radius 2 is 2.17 bits per heavy atom. The molecule has 1 amide bonds. The molecule has 0 radical (unpaired) electrons. The summed E-state index contributed by atoms with van der Waals surface area (Å²) in [5.74, 6) is 0.298. The van der Waals surface area contributed by atoms with Gasteiger partial charge < -0.3 is 25.0 Å². The van der Waals surface area contributed by atoms with Crippen LogP contribution in [0.15, 0.2) is 36.5 Å². The van der Waals surface area contributed by atoms with Gasteiger partial charge in [-0.3, -0.25) is 14.5 Å². The Bertz CT molecular complexity index is 1400. The molecule has 2 N–H and O–H groups in total. The minimum Gasteiger partial charge on any atom is -0.493 e. The van der Waals surface area contributed by atoms with Crippen LogP contribution in [0.3, 0.4) is 0 Å². The molecule has 9 nitrogen and oxygen atoms in total. The zero-order valence-electron chi connectivity index (χ0n) is 19.6. The van der Waals surface area contributed by atoms with Gasteiger partial charge in [-0.15, -0.1) is 0 Å². The fourth-order valence-corrected chi connectivity index (χ4v) is 5.23. The van der Waals surface area contributed by atoms with Crippen LogP contribution in [0.4, 0.5) is 11.4 Å². The van der Waals surface area contributed by atoms with Crippen molar-refractivity contribution < 1.29 is 14.3 Å². The van der Waals surface area contributed by atoms with Gasteiger partial charge in [0.25, 0.3) is 5.91 Å². The second-order valence-electron chi connectivity index (χ2n) is 8.29. The molecule has 1 aromatic carbocycles. The van der Waals surface area contributed by atoms with Gasteiger partial charge >= 0.3 is 0 Å². The maximum Gasteiger partial charge on any atom is 0.271 e. The van der Waals surface area contributed by atoms with Gasteiger partial charge in [-0.25, -0.2) is 0 Å². The molecule has 1 aliphatic heterocycles. The molecule has 0 spiro atoms. The SMILES string of the molecule is COc1c(Cl)cccc1Nc1c(-c2ccnc3cc(OCCN(C)C)sc23)nn2c1C(=O)NCC2. The number of carbonyl (C=O) groups is 1. The van der Waals surface area contributed by atoms with Crippen LogP contribution in [0, 0.1) is 0 Å². The van der Waals surface area contributed by atoms with Crippen LogP contribution in [0.5, 0.6) is 10.8 Å². The Balaban J connectivity index is 1.62. The number of benzene rings is 1. The predicted octanol–water partition coefficient (Wildman–Crippen LogP) is 4.25. The molecule has 35 heavy (non-hydrogen) atoms. The molecule has 11 heteroatoms. The lowest BCUT2D eigenvalue weighted by Gasteiger charge is -2.17. The molecular weight excluding hydrogens is 488 g/mol. The summed E-state index contributed by atoms with van der Waals surface area (Å²) in [6, 6.07) is 9.28. The average Bonchev–Trinajstić information content (AvgIpc) is 3.41. The number of hydrogen-bond donors (Lipinski definition) is 2. The zero-order chi connectivity index (χ0) is 24.5. The summed E-state index contributed by atoms with van der Waals surface area (Å²) >= 11 is 7.87. The molecule has 182 valence electrons. The Kier molecular flexibility index (Phi) is 6.50. The minimum absolute atomic E-state index is 0.192. The molecule has 0 bridgehead atoms. The highest BCUT2D eigenvalue weighted by molar-refractivity contribution is 7.21. The van der Waals surface area contributed by atoms with Crippen LogP contribution in [0.1, 0.15) is 10.5 Å². The number of carbonyl (C=O) groups excluding carboxylic acids is 1. The normalized spacial score (nSPS) is 13.1. The van der Waals surface area contributed by atoms with Crippen molar-refractivity contribution in [2.24, 2.45) is 0 Å². The summed E-state index contributed by atoms with van der Waals surface area (Å²) in [7, 11) is 5.57. The summed E-state index contributed by atoms with van der Waals surface area (Å²) in [4.78, 5) is 19.5. The first-order valence-corrected chi connectivity index (χ1v) is 12.3. The smallest absolute Gasteiger partial charge is 0.271 e. The van der Waals surface area contributed by atoms with E-state index in [-0.39, 0.29) is 5.91 Å². The number of ether oxygens (including phenoxy) is 2. The van der Waals surface area contributed by atoms with Crippen molar-refractivity contribution in [2.45, 2.75) is 6.54 Å². The predicted molar refractivity (Wildman–Crippen MR) is 139 cm³/mol. The number of pyridine rings is 1. The molecule has 0 aliphatic carbocycles. The molecule has 4 heterocycles. The summed E-state index contributed by atoms with van der Waals surface area (Å²) in [6.07, 6.45) is 1.75. The molecule has 0 saturated carbocycles. The zero-order valence-corrected chi connectivity index (χ0v) is 21.2. The second-order valence-corrected chi connectivity index (χ2v) is 9.71. The van der Waals surface area contributed by atoms with Crippen LogP contribution >= 0.6 is 22.9 Å². The Labute approximate surface area is 211 Å². The van der Waals surface area contributed by atoms with E-state index >= 15 is 0 Å². The van der Waals surface area contributed by atoms with Crippen molar-refractivity contribution in [1.29, 1.82) is 0 Å². The number of halogens is 1. The molecule has 0 saturated heterocycles. The third kappa shape index (κ3) is 4.52. The number of rotatable bonds is 8. The summed E-state index contributed by atoms with van der Waals surface area (Å²) in [5.41, 5.74) is 4.00. The number of nitrogens with zero attached hydrogens (tertiary/aromatic N) is 4. The van der Waals surface area contributed by atoms with Gasteiger partial charge in [-0.2, -0.15) is 5.10 Å². The van der Waals surface area contributed by atoms with Crippen molar-refractivity contribution in [3.05, 3.63) is 47.2 Å². The third-order valence-corrected chi connectivity index (χ3v) is 7.00. The van der Waals surface area contributed by atoms with Gasteiger partial charge in [0.05, 0.1) is 40.3 Å². The minimum atomic E-state index is -0.192. The number of thiophene rings is 1. The van der Waals surface area contributed by atoms with Crippen LogP contribution in [-0.4, -0.2) is 66.5 Å². The van der Waals surface area contributed by atoms with E-state index in [1.807, 2.05) is 38.4 Å². The molecule has 0 fully saturated rings. The van der Waals surface area contributed by atoms with Crippen molar-refractivity contribution in [3.63, 3.8) is 0 Å². The van der Waals surface area contributed by atoms with Crippen LogP contribution in [-0.2, 0) is 6.54 Å². The highest BCUT2D eigenvalue weighted by Crippen LogP contribution is 2.43. The van der Waals surface area contributed by atoms with E-state index in [1.165, 1.54) is 11.3 Å². The molecule has 0 unspecified atom stereocenters. The van der Waals surface area contributed by atoms with E-state index in [2.05, 4.69) is 20.5 Å². The van der Waals surface area contributed by atoms with E-state index < -0.39 is 0 Å². The third-order valence-electron chi connectivity index (χ3n) is 5.63. The Morgan fingerprint density at radius 3 is 2.97 bits per heavy atom. The van der Waals surface area contributed by atoms with E-state index in [9.17, 15) is 4.79 Å². The van der Waals surface area contributed by atoms with Crippen LogP contribution < -0.4 is 20.1 Å². The number of nitrogens with one attached hydrogen (secondary N) is 2. The van der Waals surface area contributed by atoms with E-state index in [0.29, 0.717) is 53.2 Å². The Hall–Kier alpha value is -3.34. The first-order valence-electron chi connectivity index (χ1n) is 11.1. The molecule has 3 aromatic heterocycles. The quantitative estimate of drug-likeness (QED) is 0.364. The van der Waals surface area contributed by atoms with Gasteiger partial charge in [-0.05, 0) is 32.3 Å². The van der Waals surface area contributed by atoms with Crippen LogP contribution in [0.25, 0.3) is 21.5 Å². The number of amides is 1. The lowest BCUT2D eigenvalue weighted by atomic mass is 10.1. The van der Waals surface area contributed by atoms with Crippen molar-refractivity contribution in [2.75, 3.05) is 46.2 Å². The molecule has 5 rings (SSSR count). The molecule has 4 aromatic rings. The van der Waals surface area contributed by atoms with Gasteiger partial charge in [0, 0.05) is 30.9 Å². The number of likely N-dealkylation sites (N-methyl/N-ethyl adjacent to an activating group) is 1. The van der Waals surface area contributed by atoms with Crippen molar-refractivity contribution in [1.82, 2.24) is 25.0 Å². The number of aromatic nitrogens is 3. The number of methoxy groups -OCH3 is 1.